The molecule has 0 spiro atoms. The second kappa shape index (κ2) is 5.20. The average molecular weight is 307 g/mol. The van der Waals surface area contributed by atoms with Crippen molar-refractivity contribution >= 4 is 22.6 Å². The Balaban J connectivity index is 2.11. The Hall–Kier alpha value is -1.22. The maximum absolute atomic E-state index is 6.37. The summed E-state index contributed by atoms with van der Waals surface area (Å²) < 4.78 is 7.67. The van der Waals surface area contributed by atoms with E-state index in [4.69, 9.17) is 21.3 Å². The molecule has 1 aromatic heterocycles. The summed E-state index contributed by atoms with van der Waals surface area (Å²) in [6.45, 7) is 7.62. The van der Waals surface area contributed by atoms with Crippen molar-refractivity contribution in [1.82, 2.24) is 9.55 Å². The van der Waals surface area contributed by atoms with Crippen molar-refractivity contribution in [1.29, 1.82) is 0 Å². The van der Waals surface area contributed by atoms with Gasteiger partial charge in [-0.1, -0.05) is 13.8 Å². The average Bonchev–Trinajstić information content (AvgIpc) is 3.15. The van der Waals surface area contributed by atoms with Crippen LogP contribution in [0.15, 0.2) is 18.2 Å². The number of benzene rings is 1. The summed E-state index contributed by atoms with van der Waals surface area (Å²) in [6, 6.07) is 6.04. The Morgan fingerprint density at radius 1 is 1.33 bits per heavy atom. The molecular weight excluding hydrogens is 284 g/mol. The summed E-state index contributed by atoms with van der Waals surface area (Å²) in [6.07, 6.45) is 2.59. The molecule has 1 aliphatic carbocycles. The number of halogens is 1. The Labute approximate surface area is 131 Å². The fourth-order valence-corrected chi connectivity index (χ4v) is 3.28. The van der Waals surface area contributed by atoms with E-state index in [0.717, 1.165) is 29.2 Å². The van der Waals surface area contributed by atoms with Crippen LogP contribution in [-0.4, -0.2) is 16.7 Å². The highest BCUT2D eigenvalue weighted by Gasteiger charge is 2.46. The molecule has 0 aliphatic heterocycles. The maximum Gasteiger partial charge on any atom is 0.127 e. The van der Waals surface area contributed by atoms with E-state index in [9.17, 15) is 0 Å². The van der Waals surface area contributed by atoms with Gasteiger partial charge in [-0.05, 0) is 43.2 Å². The SMILES string of the molecule is COc1ccc2nc(C(C)Cl)n(CC3(C(C)C)CC3)c2c1. The summed E-state index contributed by atoms with van der Waals surface area (Å²) >= 11 is 6.37. The molecule has 0 amide bonds. The first-order valence-corrected chi connectivity index (χ1v) is 8.09. The van der Waals surface area contributed by atoms with Gasteiger partial charge in [-0.2, -0.15) is 0 Å². The van der Waals surface area contributed by atoms with Gasteiger partial charge in [0.2, 0.25) is 0 Å². The number of methoxy groups -OCH3 is 1. The second-order valence-electron chi connectivity index (χ2n) is 6.54. The van der Waals surface area contributed by atoms with E-state index in [1.807, 2.05) is 19.1 Å². The third-order valence-electron chi connectivity index (χ3n) is 4.93. The zero-order valence-corrected chi connectivity index (χ0v) is 13.9. The maximum atomic E-state index is 6.37. The Morgan fingerprint density at radius 3 is 2.57 bits per heavy atom. The lowest BCUT2D eigenvalue weighted by atomic mass is 9.92. The molecule has 1 unspecified atom stereocenters. The standard InChI is InChI=1S/C17H23ClN2O/c1-11(2)17(7-8-17)10-20-15-9-13(21-4)5-6-14(15)19-16(20)12(3)18/h5-6,9,11-12H,7-8,10H2,1-4H3. The third-order valence-corrected chi connectivity index (χ3v) is 5.13. The molecule has 114 valence electrons. The lowest BCUT2D eigenvalue weighted by Gasteiger charge is -2.22. The van der Waals surface area contributed by atoms with Crippen LogP contribution >= 0.6 is 11.6 Å². The minimum Gasteiger partial charge on any atom is -0.497 e. The first-order valence-electron chi connectivity index (χ1n) is 7.65. The molecule has 1 saturated carbocycles. The first kappa shape index (κ1) is 14.7. The van der Waals surface area contributed by atoms with Gasteiger partial charge in [0.15, 0.2) is 0 Å². The Bertz CT molecular complexity index is 656. The van der Waals surface area contributed by atoms with Gasteiger partial charge >= 0.3 is 0 Å². The van der Waals surface area contributed by atoms with Crippen LogP contribution < -0.4 is 4.74 Å². The van der Waals surface area contributed by atoms with Gasteiger partial charge in [0.1, 0.15) is 11.6 Å². The molecule has 0 radical (unpaired) electrons. The zero-order valence-electron chi connectivity index (χ0n) is 13.2. The highest BCUT2D eigenvalue weighted by atomic mass is 35.5. The van der Waals surface area contributed by atoms with E-state index in [0.29, 0.717) is 11.3 Å². The quantitative estimate of drug-likeness (QED) is 0.743. The lowest BCUT2D eigenvalue weighted by molar-refractivity contribution is 0.308. The summed E-state index contributed by atoms with van der Waals surface area (Å²) in [7, 11) is 1.70. The van der Waals surface area contributed by atoms with Crippen molar-refractivity contribution in [3.05, 3.63) is 24.0 Å². The van der Waals surface area contributed by atoms with Crippen LogP contribution in [-0.2, 0) is 6.54 Å². The molecule has 0 saturated heterocycles. The van der Waals surface area contributed by atoms with E-state index in [1.54, 1.807) is 7.11 Å². The van der Waals surface area contributed by atoms with Gasteiger partial charge in [-0.25, -0.2) is 4.98 Å². The van der Waals surface area contributed by atoms with E-state index in [1.165, 1.54) is 12.8 Å². The molecular formula is C17H23ClN2O. The van der Waals surface area contributed by atoms with Crippen molar-refractivity contribution in [3.63, 3.8) is 0 Å². The number of hydrogen-bond acceptors (Lipinski definition) is 2. The normalized spacial score (nSPS) is 18.2. The van der Waals surface area contributed by atoms with Crippen LogP contribution in [0.4, 0.5) is 0 Å². The van der Waals surface area contributed by atoms with Crippen molar-refractivity contribution in [3.8, 4) is 5.75 Å². The summed E-state index contributed by atoms with van der Waals surface area (Å²) in [5, 5.41) is -0.0913. The van der Waals surface area contributed by atoms with E-state index >= 15 is 0 Å². The molecule has 0 N–H and O–H groups in total. The van der Waals surface area contributed by atoms with Crippen LogP contribution in [0.1, 0.15) is 44.8 Å². The molecule has 21 heavy (non-hydrogen) atoms. The predicted octanol–water partition coefficient (Wildman–Crippen LogP) is 4.78. The number of aromatic nitrogens is 2. The van der Waals surface area contributed by atoms with Crippen LogP contribution in [0, 0.1) is 11.3 Å². The smallest absolute Gasteiger partial charge is 0.127 e. The molecule has 1 atom stereocenters. The molecule has 3 rings (SSSR count). The number of ether oxygens (including phenoxy) is 1. The highest BCUT2D eigenvalue weighted by Crippen LogP contribution is 2.53. The number of nitrogens with zero attached hydrogens (tertiary/aromatic N) is 2. The summed E-state index contributed by atoms with van der Waals surface area (Å²) in [4.78, 5) is 4.73. The van der Waals surface area contributed by atoms with Gasteiger partial charge in [0.05, 0.1) is 23.5 Å². The third kappa shape index (κ3) is 2.52. The number of imidazole rings is 1. The number of hydrogen-bond donors (Lipinski definition) is 0. The van der Waals surface area contributed by atoms with E-state index in [-0.39, 0.29) is 5.38 Å². The van der Waals surface area contributed by atoms with Gasteiger partial charge in [0, 0.05) is 12.6 Å². The number of rotatable bonds is 5. The van der Waals surface area contributed by atoms with Crippen molar-refractivity contribution in [2.75, 3.05) is 7.11 Å². The van der Waals surface area contributed by atoms with Crippen LogP contribution in [0.25, 0.3) is 11.0 Å². The number of fused-ring (bicyclic) bond motifs is 1. The lowest BCUT2D eigenvalue weighted by Crippen LogP contribution is -2.19. The Kier molecular flexibility index (Phi) is 3.64. The van der Waals surface area contributed by atoms with Gasteiger partial charge in [0.25, 0.3) is 0 Å². The van der Waals surface area contributed by atoms with Crippen LogP contribution in [0.2, 0.25) is 0 Å². The van der Waals surface area contributed by atoms with Crippen LogP contribution in [0.5, 0.6) is 5.75 Å². The monoisotopic (exact) mass is 306 g/mol. The molecule has 1 fully saturated rings. The summed E-state index contributed by atoms with van der Waals surface area (Å²) in [5.74, 6) is 2.51. The molecule has 3 nitrogen and oxygen atoms in total. The minimum atomic E-state index is -0.0913. The van der Waals surface area contributed by atoms with Gasteiger partial charge < -0.3 is 9.30 Å². The van der Waals surface area contributed by atoms with Gasteiger partial charge in [-0.15, -0.1) is 11.6 Å². The van der Waals surface area contributed by atoms with Gasteiger partial charge in [-0.3, -0.25) is 0 Å². The molecule has 4 heteroatoms. The number of alkyl halides is 1. The molecule has 1 aromatic carbocycles. The Morgan fingerprint density at radius 2 is 2.05 bits per heavy atom. The molecule has 1 heterocycles. The van der Waals surface area contributed by atoms with E-state index < -0.39 is 0 Å². The van der Waals surface area contributed by atoms with Crippen molar-refractivity contribution in [2.24, 2.45) is 11.3 Å². The largest absolute Gasteiger partial charge is 0.497 e. The molecule has 2 aromatic rings. The highest BCUT2D eigenvalue weighted by molar-refractivity contribution is 6.20. The van der Waals surface area contributed by atoms with Crippen molar-refractivity contribution in [2.45, 2.75) is 45.5 Å². The molecule has 0 bridgehead atoms. The zero-order chi connectivity index (χ0) is 15.2. The second-order valence-corrected chi connectivity index (χ2v) is 7.20. The van der Waals surface area contributed by atoms with Crippen LogP contribution in [0.3, 0.4) is 0 Å². The fraction of sp³-hybridized carbons (Fsp3) is 0.588. The summed E-state index contributed by atoms with van der Waals surface area (Å²) in [5.41, 5.74) is 2.54. The first-order chi connectivity index (χ1) is 9.97. The topological polar surface area (TPSA) is 27.1 Å². The molecule has 1 aliphatic rings. The fourth-order valence-electron chi connectivity index (χ4n) is 3.11. The van der Waals surface area contributed by atoms with Crippen molar-refractivity contribution < 1.29 is 4.74 Å². The minimum absolute atomic E-state index is 0.0913. The predicted molar refractivity (Wildman–Crippen MR) is 87.1 cm³/mol. The van der Waals surface area contributed by atoms with E-state index in [2.05, 4.69) is 24.5 Å².